The molecular formula is C13H16N4O. The summed E-state index contributed by atoms with van der Waals surface area (Å²) in [5.74, 6) is 0. The summed E-state index contributed by atoms with van der Waals surface area (Å²) in [5, 5.41) is 4.07. The number of piperidine rings is 1. The Balaban J connectivity index is 1.69. The Labute approximate surface area is 105 Å². The van der Waals surface area contributed by atoms with E-state index in [0.717, 1.165) is 25.9 Å². The average Bonchev–Trinajstić information content (AvgIpc) is 2.86. The summed E-state index contributed by atoms with van der Waals surface area (Å²) >= 11 is 0. The van der Waals surface area contributed by atoms with Gasteiger partial charge in [0.15, 0.2) is 0 Å². The molecule has 0 saturated carbocycles. The highest BCUT2D eigenvalue weighted by Gasteiger charge is 2.22. The molecule has 1 N–H and O–H groups in total. The van der Waals surface area contributed by atoms with E-state index in [4.69, 9.17) is 0 Å². The summed E-state index contributed by atoms with van der Waals surface area (Å²) in [6, 6.07) is 10.6. The molecule has 1 aliphatic rings. The predicted octanol–water partition coefficient (Wildman–Crippen LogP) is 1.41. The van der Waals surface area contributed by atoms with Crippen molar-refractivity contribution in [3.8, 4) is 0 Å². The van der Waals surface area contributed by atoms with Crippen LogP contribution in [0.4, 0.5) is 5.69 Å². The van der Waals surface area contributed by atoms with Gasteiger partial charge in [0.25, 0.3) is 0 Å². The second-order valence-electron chi connectivity index (χ2n) is 4.59. The topological polar surface area (TPSA) is 53.9 Å². The summed E-state index contributed by atoms with van der Waals surface area (Å²) in [6.07, 6.45) is 3.38. The van der Waals surface area contributed by atoms with Crippen molar-refractivity contribution in [1.29, 1.82) is 0 Å². The van der Waals surface area contributed by atoms with Gasteiger partial charge in [-0.25, -0.2) is 9.48 Å². The fourth-order valence-electron chi connectivity index (χ4n) is 2.53. The maximum Gasteiger partial charge on any atom is 0.343 e. The monoisotopic (exact) mass is 244 g/mol. The molecule has 0 amide bonds. The van der Waals surface area contributed by atoms with Crippen LogP contribution in [-0.2, 0) is 0 Å². The number of nitrogens with one attached hydrogen (secondary N) is 1. The fourth-order valence-corrected chi connectivity index (χ4v) is 2.53. The van der Waals surface area contributed by atoms with Crippen LogP contribution in [0.15, 0.2) is 41.5 Å². The van der Waals surface area contributed by atoms with Crippen LogP contribution in [0.25, 0.3) is 0 Å². The molecule has 0 atom stereocenters. The molecule has 3 rings (SSSR count). The van der Waals surface area contributed by atoms with Gasteiger partial charge in [0, 0.05) is 18.8 Å². The minimum atomic E-state index is -0.104. The zero-order valence-electron chi connectivity index (χ0n) is 10.1. The van der Waals surface area contributed by atoms with E-state index in [-0.39, 0.29) is 11.7 Å². The van der Waals surface area contributed by atoms with Gasteiger partial charge in [-0.2, -0.15) is 5.10 Å². The highest BCUT2D eigenvalue weighted by atomic mass is 16.1. The van der Waals surface area contributed by atoms with Crippen molar-refractivity contribution in [2.75, 3.05) is 18.0 Å². The van der Waals surface area contributed by atoms with Gasteiger partial charge in [0.2, 0.25) is 0 Å². The summed E-state index contributed by atoms with van der Waals surface area (Å²) in [4.78, 5) is 16.4. The number of anilines is 1. The van der Waals surface area contributed by atoms with E-state index >= 15 is 0 Å². The van der Waals surface area contributed by atoms with Crippen LogP contribution in [0.1, 0.15) is 18.9 Å². The van der Waals surface area contributed by atoms with E-state index in [1.54, 1.807) is 4.68 Å². The molecule has 1 saturated heterocycles. The van der Waals surface area contributed by atoms with Crippen LogP contribution in [0.3, 0.4) is 0 Å². The number of benzene rings is 1. The first kappa shape index (κ1) is 11.1. The zero-order chi connectivity index (χ0) is 12.4. The maximum atomic E-state index is 11.5. The highest BCUT2D eigenvalue weighted by Crippen LogP contribution is 2.24. The van der Waals surface area contributed by atoms with Gasteiger partial charge in [-0.15, -0.1) is 0 Å². The van der Waals surface area contributed by atoms with Crippen molar-refractivity contribution < 1.29 is 0 Å². The Kier molecular flexibility index (Phi) is 2.88. The van der Waals surface area contributed by atoms with Gasteiger partial charge in [0.1, 0.15) is 6.33 Å². The van der Waals surface area contributed by atoms with Gasteiger partial charge in [-0.3, -0.25) is 4.98 Å². The Morgan fingerprint density at radius 3 is 2.50 bits per heavy atom. The molecule has 1 aromatic carbocycles. The van der Waals surface area contributed by atoms with Crippen LogP contribution in [0, 0.1) is 0 Å². The smallest absolute Gasteiger partial charge is 0.343 e. The van der Waals surface area contributed by atoms with Crippen LogP contribution in [-0.4, -0.2) is 27.9 Å². The predicted molar refractivity (Wildman–Crippen MR) is 69.8 cm³/mol. The van der Waals surface area contributed by atoms with E-state index in [1.165, 1.54) is 12.0 Å². The van der Waals surface area contributed by atoms with Crippen LogP contribution < -0.4 is 10.6 Å². The van der Waals surface area contributed by atoms with Crippen molar-refractivity contribution in [2.24, 2.45) is 0 Å². The molecular weight excluding hydrogens is 228 g/mol. The van der Waals surface area contributed by atoms with E-state index < -0.39 is 0 Å². The summed E-state index contributed by atoms with van der Waals surface area (Å²) < 4.78 is 1.57. The van der Waals surface area contributed by atoms with Crippen molar-refractivity contribution in [3.05, 3.63) is 47.1 Å². The molecule has 94 valence electrons. The number of rotatable bonds is 2. The Bertz CT molecular complexity index is 552. The lowest BCUT2D eigenvalue weighted by molar-refractivity contribution is 0.358. The second kappa shape index (κ2) is 4.68. The Morgan fingerprint density at radius 2 is 1.89 bits per heavy atom. The summed E-state index contributed by atoms with van der Waals surface area (Å²) in [7, 11) is 0. The number of H-pyrrole nitrogens is 1. The third kappa shape index (κ3) is 2.03. The first-order chi connectivity index (χ1) is 8.84. The number of hydrogen-bond acceptors (Lipinski definition) is 3. The highest BCUT2D eigenvalue weighted by molar-refractivity contribution is 5.46. The van der Waals surface area contributed by atoms with Crippen molar-refractivity contribution in [1.82, 2.24) is 14.8 Å². The van der Waals surface area contributed by atoms with E-state index in [9.17, 15) is 4.79 Å². The molecule has 0 unspecified atom stereocenters. The Hall–Kier alpha value is -2.04. The SMILES string of the molecule is O=c1[nH]cnn1C1CCN(c2ccccc2)CC1. The van der Waals surface area contributed by atoms with Crippen molar-refractivity contribution in [3.63, 3.8) is 0 Å². The summed E-state index contributed by atoms with van der Waals surface area (Å²) in [6.45, 7) is 1.93. The molecule has 1 fully saturated rings. The molecule has 0 aliphatic carbocycles. The minimum Gasteiger partial charge on any atom is -0.371 e. The third-order valence-corrected chi connectivity index (χ3v) is 3.51. The largest absolute Gasteiger partial charge is 0.371 e. The molecule has 0 spiro atoms. The number of para-hydroxylation sites is 1. The van der Waals surface area contributed by atoms with Crippen LogP contribution >= 0.6 is 0 Å². The molecule has 0 radical (unpaired) electrons. The number of aromatic amines is 1. The van der Waals surface area contributed by atoms with E-state index in [2.05, 4.69) is 39.2 Å². The molecule has 2 heterocycles. The van der Waals surface area contributed by atoms with Crippen molar-refractivity contribution in [2.45, 2.75) is 18.9 Å². The third-order valence-electron chi connectivity index (χ3n) is 3.51. The number of nitrogens with zero attached hydrogens (tertiary/aromatic N) is 3. The van der Waals surface area contributed by atoms with Gasteiger partial charge in [-0.05, 0) is 25.0 Å². The molecule has 18 heavy (non-hydrogen) atoms. The van der Waals surface area contributed by atoms with Gasteiger partial charge < -0.3 is 4.90 Å². The molecule has 1 aromatic heterocycles. The molecule has 1 aliphatic heterocycles. The van der Waals surface area contributed by atoms with Gasteiger partial charge >= 0.3 is 5.69 Å². The van der Waals surface area contributed by atoms with Gasteiger partial charge in [-0.1, -0.05) is 18.2 Å². The normalized spacial score (nSPS) is 17.0. The molecule has 5 nitrogen and oxygen atoms in total. The quantitative estimate of drug-likeness (QED) is 0.869. The lowest BCUT2D eigenvalue weighted by atomic mass is 10.0. The van der Waals surface area contributed by atoms with Crippen molar-refractivity contribution >= 4 is 5.69 Å². The zero-order valence-corrected chi connectivity index (χ0v) is 10.1. The minimum absolute atomic E-state index is 0.104. The maximum absolute atomic E-state index is 11.5. The van der Waals surface area contributed by atoms with Gasteiger partial charge in [0.05, 0.1) is 6.04 Å². The van der Waals surface area contributed by atoms with E-state index in [1.807, 2.05) is 6.07 Å². The first-order valence-corrected chi connectivity index (χ1v) is 6.27. The summed E-state index contributed by atoms with van der Waals surface area (Å²) in [5.41, 5.74) is 1.15. The number of aromatic nitrogens is 3. The second-order valence-corrected chi connectivity index (χ2v) is 4.59. The number of hydrogen-bond donors (Lipinski definition) is 1. The lowest BCUT2D eigenvalue weighted by Gasteiger charge is -2.33. The molecule has 0 bridgehead atoms. The first-order valence-electron chi connectivity index (χ1n) is 6.27. The van der Waals surface area contributed by atoms with Crippen LogP contribution in [0.5, 0.6) is 0 Å². The average molecular weight is 244 g/mol. The van der Waals surface area contributed by atoms with E-state index in [0.29, 0.717) is 0 Å². The lowest BCUT2D eigenvalue weighted by Crippen LogP contribution is -2.37. The van der Waals surface area contributed by atoms with Crippen LogP contribution in [0.2, 0.25) is 0 Å². The molecule has 2 aromatic rings. The molecule has 5 heteroatoms. The fraction of sp³-hybridized carbons (Fsp3) is 0.385. The standard InChI is InChI=1S/C13H16N4O/c18-13-14-10-15-17(13)12-6-8-16(9-7-12)11-4-2-1-3-5-11/h1-5,10,12H,6-9H2,(H,14,15,18). The Morgan fingerprint density at radius 1 is 1.17 bits per heavy atom.